The Kier molecular flexibility index (Phi) is 5.87. The molecule has 4 rings (SSSR count). The molecule has 7 heteroatoms. The SMILES string of the molecule is O=C(c1ccc(Oc2ccccc2)cc1)N(C[C@@H]1CCCO1)[C@H]1CCS(=O)(=O)C1. The summed E-state index contributed by atoms with van der Waals surface area (Å²) in [6.07, 6.45) is 2.33. The first-order valence-electron chi connectivity index (χ1n) is 9.96. The van der Waals surface area contributed by atoms with Crippen LogP contribution in [0, 0.1) is 0 Å². The third kappa shape index (κ3) is 4.97. The largest absolute Gasteiger partial charge is 0.457 e. The number of para-hydroxylation sites is 1. The predicted octanol–water partition coefficient (Wildman–Crippen LogP) is 3.29. The summed E-state index contributed by atoms with van der Waals surface area (Å²) >= 11 is 0. The Labute approximate surface area is 171 Å². The molecule has 29 heavy (non-hydrogen) atoms. The van der Waals surface area contributed by atoms with Crippen LogP contribution >= 0.6 is 0 Å². The smallest absolute Gasteiger partial charge is 0.254 e. The highest BCUT2D eigenvalue weighted by Gasteiger charge is 2.36. The van der Waals surface area contributed by atoms with Crippen molar-refractivity contribution in [3.8, 4) is 11.5 Å². The Morgan fingerprint density at radius 3 is 2.38 bits per heavy atom. The molecule has 0 bridgehead atoms. The molecule has 2 aromatic carbocycles. The molecule has 0 aromatic heterocycles. The van der Waals surface area contributed by atoms with Crippen molar-refractivity contribution in [1.29, 1.82) is 0 Å². The number of rotatable bonds is 6. The van der Waals surface area contributed by atoms with Gasteiger partial charge in [0.05, 0.1) is 17.6 Å². The summed E-state index contributed by atoms with van der Waals surface area (Å²) in [5.41, 5.74) is 0.521. The number of hydrogen-bond donors (Lipinski definition) is 0. The fourth-order valence-corrected chi connectivity index (χ4v) is 5.61. The van der Waals surface area contributed by atoms with Crippen molar-refractivity contribution in [2.24, 2.45) is 0 Å². The van der Waals surface area contributed by atoms with Crippen LogP contribution in [-0.2, 0) is 14.6 Å². The van der Waals surface area contributed by atoms with Crippen molar-refractivity contribution in [3.63, 3.8) is 0 Å². The summed E-state index contributed by atoms with van der Waals surface area (Å²) in [7, 11) is -3.09. The van der Waals surface area contributed by atoms with Crippen LogP contribution < -0.4 is 4.74 Å². The van der Waals surface area contributed by atoms with E-state index in [4.69, 9.17) is 9.47 Å². The van der Waals surface area contributed by atoms with Gasteiger partial charge in [0.2, 0.25) is 0 Å². The monoisotopic (exact) mass is 415 g/mol. The maximum Gasteiger partial charge on any atom is 0.254 e. The summed E-state index contributed by atoms with van der Waals surface area (Å²) in [6, 6.07) is 16.1. The minimum atomic E-state index is -3.09. The van der Waals surface area contributed by atoms with E-state index in [1.807, 2.05) is 30.3 Å². The lowest BCUT2D eigenvalue weighted by Crippen LogP contribution is -2.45. The Hall–Kier alpha value is -2.38. The minimum Gasteiger partial charge on any atom is -0.457 e. The second-order valence-corrected chi connectivity index (χ2v) is 9.82. The summed E-state index contributed by atoms with van der Waals surface area (Å²) in [4.78, 5) is 14.9. The van der Waals surface area contributed by atoms with Gasteiger partial charge in [0.1, 0.15) is 11.5 Å². The van der Waals surface area contributed by atoms with Crippen LogP contribution in [0.4, 0.5) is 0 Å². The zero-order chi connectivity index (χ0) is 20.3. The van der Waals surface area contributed by atoms with Crippen molar-refractivity contribution in [1.82, 2.24) is 4.90 Å². The molecule has 2 fully saturated rings. The molecule has 2 aliphatic rings. The highest BCUT2D eigenvalue weighted by molar-refractivity contribution is 7.91. The summed E-state index contributed by atoms with van der Waals surface area (Å²) in [5, 5.41) is 0. The van der Waals surface area contributed by atoms with Gasteiger partial charge in [0.25, 0.3) is 5.91 Å². The molecule has 2 saturated heterocycles. The van der Waals surface area contributed by atoms with E-state index in [0.717, 1.165) is 18.6 Å². The Morgan fingerprint density at radius 2 is 1.76 bits per heavy atom. The van der Waals surface area contributed by atoms with Crippen LogP contribution in [0.3, 0.4) is 0 Å². The van der Waals surface area contributed by atoms with Gasteiger partial charge in [-0.05, 0) is 55.7 Å². The van der Waals surface area contributed by atoms with Crippen LogP contribution in [0.2, 0.25) is 0 Å². The highest BCUT2D eigenvalue weighted by atomic mass is 32.2. The molecule has 2 heterocycles. The first-order valence-corrected chi connectivity index (χ1v) is 11.8. The summed E-state index contributed by atoms with van der Waals surface area (Å²) in [6.45, 7) is 1.13. The van der Waals surface area contributed by atoms with Crippen LogP contribution in [0.1, 0.15) is 29.6 Å². The minimum absolute atomic E-state index is 0.0251. The predicted molar refractivity (Wildman–Crippen MR) is 110 cm³/mol. The summed E-state index contributed by atoms with van der Waals surface area (Å²) < 4.78 is 35.4. The van der Waals surface area contributed by atoms with Gasteiger partial charge >= 0.3 is 0 Å². The Bertz CT molecular complexity index is 937. The Balaban J connectivity index is 1.50. The van der Waals surface area contributed by atoms with E-state index in [-0.39, 0.29) is 29.6 Å². The van der Waals surface area contributed by atoms with Gasteiger partial charge in [-0.25, -0.2) is 8.42 Å². The van der Waals surface area contributed by atoms with Crippen molar-refractivity contribution < 1.29 is 22.7 Å². The van der Waals surface area contributed by atoms with Crippen LogP contribution in [0.5, 0.6) is 11.5 Å². The van der Waals surface area contributed by atoms with Crippen LogP contribution in [0.25, 0.3) is 0 Å². The molecule has 0 spiro atoms. The fraction of sp³-hybridized carbons (Fsp3) is 0.409. The third-order valence-electron chi connectivity index (χ3n) is 5.41. The molecule has 2 aromatic rings. The number of sulfone groups is 1. The topological polar surface area (TPSA) is 72.9 Å². The van der Waals surface area contributed by atoms with E-state index in [1.54, 1.807) is 29.2 Å². The third-order valence-corrected chi connectivity index (χ3v) is 7.16. The molecule has 2 atom stereocenters. The van der Waals surface area contributed by atoms with Crippen LogP contribution in [-0.4, -0.2) is 56.0 Å². The normalized spacial score (nSPS) is 23.0. The van der Waals surface area contributed by atoms with E-state index < -0.39 is 9.84 Å². The second-order valence-electron chi connectivity index (χ2n) is 7.59. The molecule has 0 saturated carbocycles. The maximum atomic E-state index is 13.2. The van der Waals surface area contributed by atoms with Gasteiger partial charge in [-0.3, -0.25) is 4.79 Å². The molecule has 6 nitrogen and oxygen atoms in total. The first-order chi connectivity index (χ1) is 14.0. The van der Waals surface area contributed by atoms with Gasteiger partial charge in [-0.1, -0.05) is 18.2 Å². The van der Waals surface area contributed by atoms with Gasteiger partial charge in [0, 0.05) is 24.8 Å². The second kappa shape index (κ2) is 8.55. The number of amides is 1. The van der Waals surface area contributed by atoms with Crippen molar-refractivity contribution in [2.45, 2.75) is 31.4 Å². The molecule has 154 valence electrons. The van der Waals surface area contributed by atoms with Gasteiger partial charge in [-0.2, -0.15) is 0 Å². The fourth-order valence-electron chi connectivity index (χ4n) is 3.88. The van der Waals surface area contributed by atoms with Gasteiger partial charge in [0.15, 0.2) is 9.84 Å². The van der Waals surface area contributed by atoms with Gasteiger partial charge < -0.3 is 14.4 Å². The summed E-state index contributed by atoms with van der Waals surface area (Å²) in [5.74, 6) is 1.37. The number of benzene rings is 2. The lowest BCUT2D eigenvalue weighted by molar-refractivity contribution is 0.0441. The highest BCUT2D eigenvalue weighted by Crippen LogP contribution is 2.25. The lowest BCUT2D eigenvalue weighted by atomic mass is 10.1. The maximum absolute atomic E-state index is 13.2. The van der Waals surface area contributed by atoms with E-state index >= 15 is 0 Å². The zero-order valence-corrected chi connectivity index (χ0v) is 17.0. The Morgan fingerprint density at radius 1 is 1.03 bits per heavy atom. The van der Waals surface area contributed by atoms with E-state index in [2.05, 4.69) is 0 Å². The van der Waals surface area contributed by atoms with E-state index in [9.17, 15) is 13.2 Å². The number of carbonyl (C=O) groups is 1. The van der Waals surface area contributed by atoms with Crippen molar-refractivity contribution in [3.05, 3.63) is 60.2 Å². The van der Waals surface area contributed by atoms with E-state index in [1.165, 1.54) is 0 Å². The number of ether oxygens (including phenoxy) is 2. The molecule has 2 aliphatic heterocycles. The molecular formula is C22H25NO5S. The lowest BCUT2D eigenvalue weighted by Gasteiger charge is -2.30. The average molecular weight is 416 g/mol. The quantitative estimate of drug-likeness (QED) is 0.724. The molecule has 0 radical (unpaired) electrons. The van der Waals surface area contributed by atoms with Crippen molar-refractivity contribution in [2.75, 3.05) is 24.7 Å². The first kappa shape index (κ1) is 19.9. The molecule has 0 aliphatic carbocycles. The molecule has 0 N–H and O–H groups in total. The van der Waals surface area contributed by atoms with Gasteiger partial charge in [-0.15, -0.1) is 0 Å². The van der Waals surface area contributed by atoms with E-state index in [0.29, 0.717) is 30.9 Å². The molecule has 0 unspecified atom stereocenters. The number of carbonyl (C=O) groups excluding carboxylic acids is 1. The zero-order valence-electron chi connectivity index (χ0n) is 16.2. The standard InChI is InChI=1S/C22H25NO5S/c24-22(17-8-10-20(11-9-17)28-19-5-2-1-3-6-19)23(15-21-7-4-13-27-21)18-12-14-29(25,26)16-18/h1-3,5-6,8-11,18,21H,4,7,12-16H2/t18-,21-/m0/s1. The molecule has 1 amide bonds. The average Bonchev–Trinajstić information content (AvgIpc) is 3.36. The van der Waals surface area contributed by atoms with Crippen molar-refractivity contribution >= 4 is 15.7 Å². The molecular weight excluding hydrogens is 390 g/mol. The van der Waals surface area contributed by atoms with Crippen LogP contribution in [0.15, 0.2) is 54.6 Å². The number of nitrogens with zero attached hydrogens (tertiary/aromatic N) is 1. The number of hydrogen-bond acceptors (Lipinski definition) is 5.